The fourth-order valence-electron chi connectivity index (χ4n) is 2.28. The molecule has 0 saturated heterocycles. The monoisotopic (exact) mass is 278 g/mol. The normalized spacial score (nSPS) is 12.3. The van der Waals surface area contributed by atoms with Crippen molar-refractivity contribution in [3.8, 4) is 0 Å². The van der Waals surface area contributed by atoms with Gasteiger partial charge in [0.15, 0.2) is 0 Å². The van der Waals surface area contributed by atoms with Gasteiger partial charge in [-0.2, -0.15) is 5.10 Å². The average molecular weight is 278 g/mol. The van der Waals surface area contributed by atoms with Crippen LogP contribution in [0.5, 0.6) is 0 Å². The number of rotatable bonds is 4. The van der Waals surface area contributed by atoms with Gasteiger partial charge in [0.1, 0.15) is 11.5 Å². The molecule has 0 radical (unpaired) electrons. The third kappa shape index (κ3) is 2.34. The van der Waals surface area contributed by atoms with E-state index in [-0.39, 0.29) is 29.1 Å². The lowest BCUT2D eigenvalue weighted by atomic mass is 10.0. The van der Waals surface area contributed by atoms with Crippen LogP contribution >= 0.6 is 0 Å². The Morgan fingerprint density at radius 2 is 2.25 bits per heavy atom. The van der Waals surface area contributed by atoms with Crippen molar-refractivity contribution in [2.24, 2.45) is 0 Å². The first kappa shape index (κ1) is 14.0. The molecule has 7 heteroatoms. The van der Waals surface area contributed by atoms with Crippen molar-refractivity contribution < 1.29 is 9.31 Å². The summed E-state index contributed by atoms with van der Waals surface area (Å²) in [5.41, 5.74) is 6.56. The Labute approximate surface area is 115 Å². The summed E-state index contributed by atoms with van der Waals surface area (Å²) in [7, 11) is 0. The molecule has 6 nitrogen and oxygen atoms in total. The molecule has 106 valence electrons. The molecule has 1 aromatic heterocycles. The maximum Gasteiger partial charge on any atom is 0.333 e. The summed E-state index contributed by atoms with van der Waals surface area (Å²) in [6.07, 6.45) is 0.589. The number of nitrogens with zero attached hydrogens (tertiary/aromatic N) is 3. The highest BCUT2D eigenvalue weighted by molar-refractivity contribution is 5.56. The van der Waals surface area contributed by atoms with Gasteiger partial charge in [0.2, 0.25) is 5.82 Å². The van der Waals surface area contributed by atoms with Crippen LogP contribution in [0, 0.1) is 22.9 Å². The molecule has 20 heavy (non-hydrogen) atoms. The van der Waals surface area contributed by atoms with Crippen LogP contribution in [0.15, 0.2) is 24.3 Å². The largest absolute Gasteiger partial charge is 0.378 e. The zero-order valence-corrected chi connectivity index (χ0v) is 11.2. The van der Waals surface area contributed by atoms with Gasteiger partial charge in [-0.15, -0.1) is 0 Å². The Bertz CT molecular complexity index is 654. The first-order valence-electron chi connectivity index (χ1n) is 6.20. The third-order valence-electron chi connectivity index (χ3n) is 3.19. The molecule has 0 bridgehead atoms. The summed E-state index contributed by atoms with van der Waals surface area (Å²) in [6, 6.07) is 5.73. The van der Waals surface area contributed by atoms with Crippen molar-refractivity contribution in [3.05, 3.63) is 51.5 Å². The number of hydrogen-bond donors (Lipinski definition) is 1. The molecule has 0 amide bonds. The molecular weight excluding hydrogens is 263 g/mol. The molecule has 1 unspecified atom stereocenters. The molecule has 0 aliphatic rings. The van der Waals surface area contributed by atoms with Crippen LogP contribution in [-0.4, -0.2) is 14.7 Å². The first-order valence-corrected chi connectivity index (χ1v) is 6.20. The highest BCUT2D eigenvalue weighted by Gasteiger charge is 2.27. The van der Waals surface area contributed by atoms with Crippen LogP contribution in [0.3, 0.4) is 0 Å². The second-order valence-electron chi connectivity index (χ2n) is 4.50. The van der Waals surface area contributed by atoms with Gasteiger partial charge in [0.25, 0.3) is 0 Å². The molecule has 0 fully saturated rings. The van der Waals surface area contributed by atoms with Crippen molar-refractivity contribution in [2.75, 3.05) is 5.73 Å². The molecule has 0 spiro atoms. The quantitative estimate of drug-likeness (QED) is 0.688. The zero-order valence-electron chi connectivity index (χ0n) is 11.2. The van der Waals surface area contributed by atoms with Crippen LogP contribution < -0.4 is 5.73 Å². The van der Waals surface area contributed by atoms with Crippen molar-refractivity contribution in [1.29, 1.82) is 0 Å². The number of anilines is 1. The van der Waals surface area contributed by atoms with Gasteiger partial charge in [-0.1, -0.05) is 19.1 Å². The van der Waals surface area contributed by atoms with E-state index >= 15 is 0 Å². The average Bonchev–Trinajstić information content (AvgIpc) is 2.66. The summed E-state index contributed by atoms with van der Waals surface area (Å²) in [5.74, 6) is -0.374. The van der Waals surface area contributed by atoms with E-state index in [1.54, 1.807) is 12.1 Å². The zero-order chi connectivity index (χ0) is 14.9. The van der Waals surface area contributed by atoms with Crippen molar-refractivity contribution in [1.82, 2.24) is 9.78 Å². The molecule has 1 aromatic carbocycles. The SMILES string of the molecule is CCC(c1cccc(F)c1)n1nc(C)c([N+](=O)[O-])c1N. The third-order valence-corrected chi connectivity index (χ3v) is 3.19. The van der Waals surface area contributed by atoms with Crippen molar-refractivity contribution in [3.63, 3.8) is 0 Å². The maximum atomic E-state index is 13.3. The van der Waals surface area contributed by atoms with Gasteiger partial charge in [-0.3, -0.25) is 10.1 Å². The lowest BCUT2D eigenvalue weighted by molar-refractivity contribution is -0.384. The van der Waals surface area contributed by atoms with Crippen LogP contribution in [0.2, 0.25) is 0 Å². The summed E-state index contributed by atoms with van der Waals surface area (Å²) >= 11 is 0. The topological polar surface area (TPSA) is 87.0 Å². The van der Waals surface area contributed by atoms with E-state index in [2.05, 4.69) is 5.10 Å². The number of nitro groups is 1. The molecule has 1 atom stereocenters. The second-order valence-corrected chi connectivity index (χ2v) is 4.50. The van der Waals surface area contributed by atoms with E-state index < -0.39 is 4.92 Å². The Kier molecular flexibility index (Phi) is 3.69. The summed E-state index contributed by atoms with van der Waals surface area (Å²) in [6.45, 7) is 3.42. The summed E-state index contributed by atoms with van der Waals surface area (Å²) < 4.78 is 14.7. The lowest BCUT2D eigenvalue weighted by Gasteiger charge is -2.17. The van der Waals surface area contributed by atoms with E-state index in [0.29, 0.717) is 12.0 Å². The lowest BCUT2D eigenvalue weighted by Crippen LogP contribution is -2.14. The van der Waals surface area contributed by atoms with Crippen LogP contribution in [0.4, 0.5) is 15.9 Å². The van der Waals surface area contributed by atoms with Crippen LogP contribution in [0.25, 0.3) is 0 Å². The number of aromatic nitrogens is 2. The molecule has 2 aromatic rings. The minimum absolute atomic E-state index is 0.0105. The number of halogens is 1. The van der Waals surface area contributed by atoms with Gasteiger partial charge in [-0.25, -0.2) is 9.07 Å². The van der Waals surface area contributed by atoms with Gasteiger partial charge >= 0.3 is 5.69 Å². The van der Waals surface area contributed by atoms with Crippen molar-refractivity contribution >= 4 is 11.5 Å². The minimum atomic E-state index is -0.549. The predicted molar refractivity (Wildman–Crippen MR) is 72.9 cm³/mol. The van der Waals surface area contributed by atoms with Crippen LogP contribution in [0.1, 0.15) is 30.6 Å². The highest BCUT2D eigenvalue weighted by atomic mass is 19.1. The van der Waals surface area contributed by atoms with Gasteiger partial charge in [-0.05, 0) is 31.0 Å². The second kappa shape index (κ2) is 5.28. The Hall–Kier alpha value is -2.44. The Balaban J connectivity index is 2.53. The fraction of sp³-hybridized carbons (Fsp3) is 0.308. The first-order chi connectivity index (χ1) is 9.45. The van der Waals surface area contributed by atoms with Gasteiger partial charge in [0, 0.05) is 0 Å². The van der Waals surface area contributed by atoms with E-state index in [0.717, 1.165) is 0 Å². The number of nitrogen functional groups attached to an aromatic ring is 1. The summed E-state index contributed by atoms with van der Waals surface area (Å²) in [4.78, 5) is 10.4. The number of hydrogen-bond acceptors (Lipinski definition) is 4. The Morgan fingerprint density at radius 1 is 1.55 bits per heavy atom. The molecular formula is C13H15FN4O2. The Morgan fingerprint density at radius 3 is 2.75 bits per heavy atom. The molecule has 1 heterocycles. The van der Waals surface area contributed by atoms with Crippen LogP contribution in [-0.2, 0) is 0 Å². The number of benzene rings is 1. The summed E-state index contributed by atoms with van der Waals surface area (Å²) in [5, 5.41) is 15.1. The smallest absolute Gasteiger partial charge is 0.333 e. The fourth-order valence-corrected chi connectivity index (χ4v) is 2.28. The van der Waals surface area contributed by atoms with E-state index in [1.165, 1.54) is 23.7 Å². The molecule has 0 aliphatic heterocycles. The standard InChI is InChI=1S/C13H15FN4O2/c1-3-11(9-5-4-6-10(14)7-9)17-13(15)12(18(19)20)8(2)16-17/h4-7,11H,3,15H2,1-2H3. The molecule has 0 saturated carbocycles. The highest BCUT2D eigenvalue weighted by Crippen LogP contribution is 2.32. The molecule has 0 aliphatic carbocycles. The maximum absolute atomic E-state index is 13.3. The predicted octanol–water partition coefficient (Wildman–Crippen LogP) is 2.82. The van der Waals surface area contributed by atoms with Gasteiger partial charge in [0.05, 0.1) is 11.0 Å². The van der Waals surface area contributed by atoms with Crippen molar-refractivity contribution in [2.45, 2.75) is 26.3 Å². The number of aryl methyl sites for hydroxylation is 1. The van der Waals surface area contributed by atoms with E-state index in [9.17, 15) is 14.5 Å². The van der Waals surface area contributed by atoms with E-state index in [1.807, 2.05) is 6.92 Å². The molecule has 2 rings (SSSR count). The number of nitrogens with two attached hydrogens (primary N) is 1. The van der Waals surface area contributed by atoms with Gasteiger partial charge < -0.3 is 5.73 Å². The van der Waals surface area contributed by atoms with E-state index in [4.69, 9.17) is 5.73 Å². The minimum Gasteiger partial charge on any atom is -0.378 e. The molecule has 2 N–H and O–H groups in total.